The van der Waals surface area contributed by atoms with Gasteiger partial charge in [-0.25, -0.2) is 4.99 Å². The molecule has 0 bridgehead atoms. The molecule has 2 N–H and O–H groups in total. The lowest BCUT2D eigenvalue weighted by molar-refractivity contribution is 0.315. The normalized spacial score (nSPS) is 25.3. The van der Waals surface area contributed by atoms with Crippen LogP contribution in [0.25, 0.3) is 0 Å². The van der Waals surface area contributed by atoms with E-state index in [2.05, 4.69) is 47.8 Å². The molecule has 1 saturated carbocycles. The highest BCUT2D eigenvalue weighted by molar-refractivity contribution is 14.0. The molecule has 1 aliphatic carbocycles. The number of likely N-dealkylation sites (tertiary alicyclic amines) is 1. The molecule has 0 radical (unpaired) electrons. The molecule has 4 nitrogen and oxygen atoms in total. The minimum Gasteiger partial charge on any atom is -0.357 e. The molecule has 2 fully saturated rings. The maximum Gasteiger partial charge on any atom is 0.191 e. The molecule has 1 saturated heterocycles. The van der Waals surface area contributed by atoms with Crippen molar-refractivity contribution in [3.63, 3.8) is 0 Å². The van der Waals surface area contributed by atoms with Gasteiger partial charge in [0.1, 0.15) is 0 Å². The third-order valence-electron chi connectivity index (χ3n) is 4.72. The molecule has 23 heavy (non-hydrogen) atoms. The summed E-state index contributed by atoms with van der Waals surface area (Å²) in [5.74, 6) is 1.65. The van der Waals surface area contributed by atoms with Gasteiger partial charge in [-0.15, -0.1) is 35.3 Å². The van der Waals surface area contributed by atoms with E-state index in [4.69, 9.17) is 4.99 Å². The topological polar surface area (TPSA) is 39.7 Å². The minimum absolute atomic E-state index is 0. The zero-order valence-electron chi connectivity index (χ0n) is 14.3. The average Bonchev–Trinajstić information content (AvgIpc) is 3.17. The molecule has 6 heteroatoms. The summed E-state index contributed by atoms with van der Waals surface area (Å²) < 4.78 is 0. The lowest BCUT2D eigenvalue weighted by Gasteiger charge is -2.20. The van der Waals surface area contributed by atoms with Crippen molar-refractivity contribution < 1.29 is 0 Å². The smallest absolute Gasteiger partial charge is 0.191 e. The molecule has 2 atom stereocenters. The van der Waals surface area contributed by atoms with Crippen LogP contribution in [0.2, 0.25) is 0 Å². The summed E-state index contributed by atoms with van der Waals surface area (Å²) >= 11 is 1.79. The summed E-state index contributed by atoms with van der Waals surface area (Å²) in [6.07, 6.45) is 2.79. The van der Waals surface area contributed by atoms with Crippen LogP contribution in [0.15, 0.2) is 16.4 Å². The van der Waals surface area contributed by atoms with E-state index in [0.29, 0.717) is 12.0 Å². The number of aliphatic imine (C=N–C) groups is 1. The Labute approximate surface area is 161 Å². The number of aryl methyl sites for hydroxylation is 1. The van der Waals surface area contributed by atoms with Crippen LogP contribution in [0.4, 0.5) is 0 Å². The van der Waals surface area contributed by atoms with E-state index < -0.39 is 0 Å². The lowest BCUT2D eigenvalue weighted by atomic mass is 10.1. The Morgan fingerprint density at radius 3 is 2.78 bits per heavy atom. The van der Waals surface area contributed by atoms with Gasteiger partial charge in [-0.2, -0.15) is 0 Å². The Kier molecular flexibility index (Phi) is 7.16. The van der Waals surface area contributed by atoms with Gasteiger partial charge in [0.2, 0.25) is 0 Å². The van der Waals surface area contributed by atoms with Crippen LogP contribution in [-0.2, 0) is 6.54 Å². The number of hydrogen-bond acceptors (Lipinski definition) is 3. The number of rotatable bonds is 5. The van der Waals surface area contributed by atoms with Crippen LogP contribution in [0.3, 0.4) is 0 Å². The number of halogens is 1. The zero-order chi connectivity index (χ0) is 15.5. The van der Waals surface area contributed by atoms with Crippen LogP contribution < -0.4 is 10.6 Å². The van der Waals surface area contributed by atoms with E-state index in [-0.39, 0.29) is 24.0 Å². The number of nitrogens with one attached hydrogen (secondary N) is 2. The third kappa shape index (κ3) is 5.06. The Morgan fingerprint density at radius 1 is 1.39 bits per heavy atom. The number of thiophene rings is 1. The quantitative estimate of drug-likeness (QED) is 0.413. The van der Waals surface area contributed by atoms with E-state index >= 15 is 0 Å². The molecule has 0 aromatic carbocycles. The predicted molar refractivity (Wildman–Crippen MR) is 110 cm³/mol. The Bertz CT molecular complexity index is 526. The Balaban J connectivity index is 0.00000192. The molecule has 130 valence electrons. The van der Waals surface area contributed by atoms with E-state index in [9.17, 15) is 0 Å². The molecule has 0 spiro atoms. The maximum atomic E-state index is 4.79. The molecule has 1 aromatic heterocycles. The number of hydrogen-bond donors (Lipinski definition) is 2. The van der Waals surface area contributed by atoms with E-state index in [0.717, 1.165) is 31.6 Å². The first-order valence-corrected chi connectivity index (χ1v) is 9.37. The fourth-order valence-electron chi connectivity index (χ4n) is 3.14. The molecule has 3 rings (SSSR count). The van der Waals surface area contributed by atoms with E-state index in [1.807, 2.05) is 0 Å². The van der Waals surface area contributed by atoms with Crippen LogP contribution >= 0.6 is 35.3 Å². The van der Waals surface area contributed by atoms with Crippen molar-refractivity contribution in [2.45, 2.75) is 52.2 Å². The molecular formula is C17H29IN4S. The number of guanidine groups is 1. The summed E-state index contributed by atoms with van der Waals surface area (Å²) in [4.78, 5) is 8.79. The molecule has 2 aliphatic rings. The van der Waals surface area contributed by atoms with Gasteiger partial charge >= 0.3 is 0 Å². The molecule has 0 amide bonds. The first-order chi connectivity index (χ1) is 10.7. The van der Waals surface area contributed by atoms with Gasteiger partial charge in [0.25, 0.3) is 0 Å². The van der Waals surface area contributed by atoms with Crippen molar-refractivity contribution in [3.8, 4) is 0 Å². The summed E-state index contributed by atoms with van der Waals surface area (Å²) in [5.41, 5.74) is 1.35. The second-order valence-electron chi connectivity index (χ2n) is 6.64. The van der Waals surface area contributed by atoms with Crippen molar-refractivity contribution in [2.24, 2.45) is 10.9 Å². The van der Waals surface area contributed by atoms with Gasteiger partial charge in [0, 0.05) is 36.6 Å². The SMILES string of the molecule is CCNC(=NCc1sccc1C)NC1CN(C2CC2)CC1C.I. The van der Waals surface area contributed by atoms with Gasteiger partial charge in [0.15, 0.2) is 5.96 Å². The summed E-state index contributed by atoms with van der Waals surface area (Å²) in [5, 5.41) is 9.21. The van der Waals surface area contributed by atoms with Gasteiger partial charge < -0.3 is 10.6 Å². The fraction of sp³-hybridized carbons (Fsp3) is 0.706. The van der Waals surface area contributed by atoms with Gasteiger partial charge in [-0.05, 0) is 49.6 Å². The fourth-order valence-corrected chi connectivity index (χ4v) is 3.97. The molecule has 2 heterocycles. The summed E-state index contributed by atoms with van der Waals surface area (Å²) in [7, 11) is 0. The van der Waals surface area contributed by atoms with Gasteiger partial charge in [0.05, 0.1) is 6.54 Å². The highest BCUT2D eigenvalue weighted by atomic mass is 127. The Morgan fingerprint density at radius 2 is 2.17 bits per heavy atom. The van der Waals surface area contributed by atoms with Crippen LogP contribution in [0.5, 0.6) is 0 Å². The number of nitrogens with zero attached hydrogens (tertiary/aromatic N) is 2. The van der Waals surface area contributed by atoms with Crippen molar-refractivity contribution in [1.82, 2.24) is 15.5 Å². The highest BCUT2D eigenvalue weighted by Gasteiger charge is 2.38. The summed E-state index contributed by atoms with van der Waals surface area (Å²) in [6, 6.07) is 3.55. The molecule has 1 aliphatic heterocycles. The summed E-state index contributed by atoms with van der Waals surface area (Å²) in [6.45, 7) is 10.7. The van der Waals surface area contributed by atoms with Crippen LogP contribution in [0, 0.1) is 12.8 Å². The van der Waals surface area contributed by atoms with Crippen molar-refractivity contribution in [1.29, 1.82) is 0 Å². The van der Waals surface area contributed by atoms with Crippen molar-refractivity contribution >= 4 is 41.3 Å². The monoisotopic (exact) mass is 448 g/mol. The van der Waals surface area contributed by atoms with E-state index in [1.54, 1.807) is 11.3 Å². The van der Waals surface area contributed by atoms with Gasteiger partial charge in [-0.1, -0.05) is 6.92 Å². The van der Waals surface area contributed by atoms with Crippen molar-refractivity contribution in [2.75, 3.05) is 19.6 Å². The standard InChI is InChI=1S/C17H28N4S.HI/c1-4-18-17(19-9-16-12(2)7-8-22-16)20-15-11-21(10-13(15)3)14-5-6-14;/h7-8,13-15H,4-6,9-11H2,1-3H3,(H2,18,19,20);1H. The second kappa shape index (κ2) is 8.67. The third-order valence-corrected chi connectivity index (χ3v) is 5.73. The highest BCUT2D eigenvalue weighted by Crippen LogP contribution is 2.31. The first-order valence-electron chi connectivity index (χ1n) is 8.49. The molecule has 2 unspecified atom stereocenters. The van der Waals surface area contributed by atoms with Crippen molar-refractivity contribution in [3.05, 3.63) is 21.9 Å². The first kappa shape index (κ1) is 19.0. The Hall–Kier alpha value is -0.340. The zero-order valence-corrected chi connectivity index (χ0v) is 17.5. The van der Waals surface area contributed by atoms with E-state index in [1.165, 1.54) is 29.8 Å². The largest absolute Gasteiger partial charge is 0.357 e. The maximum absolute atomic E-state index is 4.79. The molecule has 1 aromatic rings. The van der Waals surface area contributed by atoms with Gasteiger partial charge in [-0.3, -0.25) is 4.90 Å². The lowest BCUT2D eigenvalue weighted by Crippen LogP contribution is -2.46. The second-order valence-corrected chi connectivity index (χ2v) is 7.64. The van der Waals surface area contributed by atoms with Crippen LogP contribution in [0.1, 0.15) is 37.1 Å². The molecular weight excluding hydrogens is 419 g/mol. The predicted octanol–water partition coefficient (Wildman–Crippen LogP) is 3.21. The van der Waals surface area contributed by atoms with Crippen LogP contribution in [-0.4, -0.2) is 42.6 Å². The minimum atomic E-state index is 0. The average molecular weight is 448 g/mol.